The molecule has 0 aliphatic heterocycles. The van der Waals surface area contributed by atoms with Crippen LogP contribution in [0.25, 0.3) is 71.8 Å². The van der Waals surface area contributed by atoms with Crippen molar-refractivity contribution in [3.05, 3.63) is 150 Å². The Labute approximate surface area is 277 Å². The van der Waals surface area contributed by atoms with Crippen molar-refractivity contribution in [1.29, 1.82) is 5.26 Å². The summed E-state index contributed by atoms with van der Waals surface area (Å²) < 4.78 is 11.0. The zero-order valence-electron chi connectivity index (χ0n) is 26.0. The van der Waals surface area contributed by atoms with Gasteiger partial charge in [-0.3, -0.25) is 0 Å². The van der Waals surface area contributed by atoms with Gasteiger partial charge in [-0.05, 0) is 60.7 Å². The molecular formula is C44H27N3O. The Bertz CT molecular complexity index is 2780. The largest absolute Gasteiger partial charge is 0.459 e. The van der Waals surface area contributed by atoms with Crippen molar-refractivity contribution in [3.8, 4) is 34.7 Å². The molecule has 3 heterocycles. The lowest BCUT2D eigenvalue weighted by molar-refractivity contribution is 0.569. The number of benzene rings is 5. The Morgan fingerprint density at radius 3 is 2.00 bits per heavy atom. The molecule has 3 aromatic heterocycles. The third kappa shape index (κ3) is 3.72. The van der Waals surface area contributed by atoms with Crippen LogP contribution in [0.1, 0.15) is 35.4 Å². The van der Waals surface area contributed by atoms with Gasteiger partial charge in [0.2, 0.25) is 0 Å². The smallest absolute Gasteiger partial charge is 0.134 e. The summed E-state index contributed by atoms with van der Waals surface area (Å²) >= 11 is 0. The predicted molar refractivity (Wildman–Crippen MR) is 195 cm³/mol. The molecular weight excluding hydrogens is 587 g/mol. The second kappa shape index (κ2) is 10.3. The van der Waals surface area contributed by atoms with E-state index in [1.54, 1.807) is 0 Å². The van der Waals surface area contributed by atoms with E-state index in [9.17, 15) is 5.26 Å². The normalized spacial score (nSPS) is 13.8. The minimum absolute atomic E-state index is 0.529. The molecule has 5 aromatic carbocycles. The highest BCUT2D eigenvalue weighted by Crippen LogP contribution is 2.46. The molecule has 0 atom stereocenters. The van der Waals surface area contributed by atoms with Crippen molar-refractivity contribution < 1.29 is 4.42 Å². The molecule has 48 heavy (non-hydrogen) atoms. The van der Waals surface area contributed by atoms with E-state index < -0.39 is 0 Å². The van der Waals surface area contributed by atoms with Gasteiger partial charge in [0.15, 0.2) is 0 Å². The molecule has 2 aliphatic rings. The molecule has 0 saturated heterocycles. The quantitative estimate of drug-likeness (QED) is 0.186. The average Bonchev–Trinajstić information content (AvgIpc) is 3.74. The van der Waals surface area contributed by atoms with Gasteiger partial charge in [-0.25, -0.2) is 0 Å². The van der Waals surface area contributed by atoms with Crippen LogP contribution in [0.4, 0.5) is 0 Å². The SMILES string of the molecule is N#Cc1cccc(C2=CC=C(n3c4ccccc4c4ccccc43)CC2)c1-n1c2c(c3ccccc31)-c1c(oc3ccccc13)CC#C2. The van der Waals surface area contributed by atoms with Gasteiger partial charge < -0.3 is 13.6 Å². The van der Waals surface area contributed by atoms with Gasteiger partial charge in [0.25, 0.3) is 0 Å². The molecule has 4 nitrogen and oxygen atoms in total. The van der Waals surface area contributed by atoms with E-state index in [2.05, 4.69) is 130 Å². The third-order valence-corrected chi connectivity index (χ3v) is 9.97. The molecule has 0 unspecified atom stereocenters. The molecule has 0 spiro atoms. The van der Waals surface area contributed by atoms with E-state index in [1.165, 1.54) is 33.1 Å². The highest BCUT2D eigenvalue weighted by Gasteiger charge is 2.28. The lowest BCUT2D eigenvalue weighted by Gasteiger charge is -2.21. The van der Waals surface area contributed by atoms with Gasteiger partial charge in [0, 0.05) is 43.9 Å². The molecule has 10 rings (SSSR count). The van der Waals surface area contributed by atoms with Crippen molar-refractivity contribution >= 4 is 54.9 Å². The van der Waals surface area contributed by atoms with Crippen LogP contribution in [-0.2, 0) is 6.42 Å². The Kier molecular flexibility index (Phi) is 5.71. The van der Waals surface area contributed by atoms with Crippen LogP contribution in [-0.4, -0.2) is 9.13 Å². The minimum Gasteiger partial charge on any atom is -0.459 e. The highest BCUT2D eigenvalue weighted by molar-refractivity contribution is 6.11. The van der Waals surface area contributed by atoms with E-state index >= 15 is 0 Å². The number of hydrogen-bond donors (Lipinski definition) is 0. The molecule has 0 amide bonds. The molecule has 0 N–H and O–H groups in total. The molecule has 2 aliphatic carbocycles. The number of para-hydroxylation sites is 5. The Morgan fingerprint density at radius 1 is 0.625 bits per heavy atom. The summed E-state index contributed by atoms with van der Waals surface area (Å²) in [6.45, 7) is 0. The molecule has 0 bridgehead atoms. The summed E-state index contributed by atoms with van der Waals surface area (Å²) in [4.78, 5) is 0. The standard InChI is InChI=1S/C44H27N3O/c45-27-29-11-9-16-31(28-23-25-30(26-24-28)46-36-17-5-1-12-32(36)33-13-2-6-18-37(33)46)44(29)47-38-19-7-3-14-34(38)42-39(47)20-10-22-41-43(42)35-15-4-8-21-40(35)48-41/h1-9,11-19,21,23,25H,22,24,26H2. The molecule has 224 valence electrons. The average molecular weight is 614 g/mol. The first kappa shape index (κ1) is 26.7. The van der Waals surface area contributed by atoms with Crippen LogP contribution in [0.2, 0.25) is 0 Å². The molecule has 0 saturated carbocycles. The lowest BCUT2D eigenvalue weighted by Crippen LogP contribution is -2.07. The van der Waals surface area contributed by atoms with Crippen LogP contribution in [0, 0.1) is 23.2 Å². The maximum absolute atomic E-state index is 10.6. The summed E-state index contributed by atoms with van der Waals surface area (Å²) in [6, 6.07) is 42.6. The molecule has 8 aromatic rings. The van der Waals surface area contributed by atoms with Gasteiger partial charge >= 0.3 is 0 Å². The van der Waals surface area contributed by atoms with Gasteiger partial charge in [0.1, 0.15) is 23.1 Å². The van der Waals surface area contributed by atoms with Crippen molar-refractivity contribution in [2.45, 2.75) is 19.3 Å². The summed E-state index contributed by atoms with van der Waals surface area (Å²) in [5, 5.41) is 15.3. The zero-order chi connectivity index (χ0) is 31.8. The monoisotopic (exact) mass is 613 g/mol. The number of nitriles is 1. The summed E-state index contributed by atoms with van der Waals surface area (Å²) in [5.41, 5.74) is 12.4. The van der Waals surface area contributed by atoms with Gasteiger partial charge in [0.05, 0.1) is 34.2 Å². The van der Waals surface area contributed by atoms with Crippen LogP contribution in [0.3, 0.4) is 0 Å². The van der Waals surface area contributed by atoms with Crippen molar-refractivity contribution in [3.63, 3.8) is 0 Å². The minimum atomic E-state index is 0.529. The summed E-state index contributed by atoms with van der Waals surface area (Å²) in [6.07, 6.45) is 6.76. The summed E-state index contributed by atoms with van der Waals surface area (Å²) in [7, 11) is 0. The van der Waals surface area contributed by atoms with E-state index in [1.807, 2.05) is 24.3 Å². The fourth-order valence-corrected chi connectivity index (χ4v) is 7.95. The Balaban J connectivity index is 1.20. The summed E-state index contributed by atoms with van der Waals surface area (Å²) in [5.74, 6) is 7.82. The third-order valence-electron chi connectivity index (χ3n) is 9.97. The van der Waals surface area contributed by atoms with Gasteiger partial charge in [-0.2, -0.15) is 5.26 Å². The van der Waals surface area contributed by atoms with Crippen LogP contribution in [0.5, 0.6) is 0 Å². The number of hydrogen-bond acceptors (Lipinski definition) is 2. The number of nitrogens with zero attached hydrogens (tertiary/aromatic N) is 3. The topological polar surface area (TPSA) is 46.8 Å². The maximum atomic E-state index is 10.6. The first-order valence-corrected chi connectivity index (χ1v) is 16.4. The Hall–Kier alpha value is -6.49. The zero-order valence-corrected chi connectivity index (χ0v) is 26.0. The van der Waals surface area contributed by atoms with E-state index in [0.717, 1.165) is 68.5 Å². The molecule has 0 radical (unpaired) electrons. The van der Waals surface area contributed by atoms with Crippen LogP contribution in [0.15, 0.2) is 132 Å². The van der Waals surface area contributed by atoms with E-state index in [0.29, 0.717) is 12.0 Å². The van der Waals surface area contributed by atoms with Gasteiger partial charge in [-0.1, -0.05) is 96.9 Å². The molecule has 0 fully saturated rings. The van der Waals surface area contributed by atoms with Crippen LogP contribution >= 0.6 is 0 Å². The first-order valence-electron chi connectivity index (χ1n) is 16.4. The van der Waals surface area contributed by atoms with Crippen molar-refractivity contribution in [1.82, 2.24) is 9.13 Å². The molecule has 4 heteroatoms. The maximum Gasteiger partial charge on any atom is 0.134 e. The fourth-order valence-electron chi connectivity index (χ4n) is 7.95. The Morgan fingerprint density at radius 2 is 1.29 bits per heavy atom. The number of allylic oxidation sites excluding steroid dienone is 4. The van der Waals surface area contributed by atoms with E-state index in [4.69, 9.17) is 4.42 Å². The fraction of sp³-hybridized carbons (Fsp3) is 0.0682. The second-order valence-electron chi connectivity index (χ2n) is 12.5. The highest BCUT2D eigenvalue weighted by atomic mass is 16.3. The van der Waals surface area contributed by atoms with Crippen molar-refractivity contribution in [2.24, 2.45) is 0 Å². The van der Waals surface area contributed by atoms with E-state index in [-0.39, 0.29) is 0 Å². The predicted octanol–water partition coefficient (Wildman–Crippen LogP) is 10.6. The number of fused-ring (bicyclic) bond motifs is 10. The number of aromatic nitrogens is 2. The van der Waals surface area contributed by atoms with Gasteiger partial charge in [-0.15, -0.1) is 0 Å². The first-order chi connectivity index (χ1) is 23.8. The lowest BCUT2D eigenvalue weighted by atomic mass is 9.92. The number of furan rings is 1. The number of rotatable bonds is 3. The second-order valence-corrected chi connectivity index (χ2v) is 12.5. The van der Waals surface area contributed by atoms with Crippen LogP contribution < -0.4 is 0 Å². The van der Waals surface area contributed by atoms with Crippen molar-refractivity contribution in [2.75, 3.05) is 0 Å².